The fourth-order valence-corrected chi connectivity index (χ4v) is 1.89. The zero-order valence-electron chi connectivity index (χ0n) is 11.3. The van der Waals surface area contributed by atoms with Gasteiger partial charge < -0.3 is 9.26 Å². The van der Waals surface area contributed by atoms with E-state index in [4.69, 9.17) is 9.26 Å². The lowest BCUT2D eigenvalue weighted by Gasteiger charge is -2.08. The lowest BCUT2D eigenvalue weighted by Crippen LogP contribution is -1.87. The Hall–Kier alpha value is -2.62. The number of ether oxygens (including phenoxy) is 1. The van der Waals surface area contributed by atoms with Crippen LogP contribution in [0.15, 0.2) is 53.1 Å². The normalized spacial score (nSPS) is 10.5. The predicted molar refractivity (Wildman–Crippen MR) is 75.7 cm³/mol. The number of aryl methyl sites for hydroxylation is 2. The molecule has 0 radical (unpaired) electrons. The van der Waals surface area contributed by atoms with Crippen molar-refractivity contribution in [2.24, 2.45) is 0 Å². The molecule has 0 aliphatic rings. The van der Waals surface area contributed by atoms with E-state index in [1.807, 2.05) is 55.5 Å². The van der Waals surface area contributed by atoms with E-state index in [0.717, 1.165) is 22.6 Å². The van der Waals surface area contributed by atoms with Crippen LogP contribution in [0.1, 0.15) is 11.5 Å². The van der Waals surface area contributed by atoms with Crippen molar-refractivity contribution < 1.29 is 9.26 Å². The molecule has 0 saturated carbocycles. The number of hydrogen-bond donors (Lipinski definition) is 0. The average molecular weight is 266 g/mol. The molecule has 20 heavy (non-hydrogen) atoms. The van der Waals surface area contributed by atoms with Crippen LogP contribution >= 0.6 is 0 Å². The number of benzene rings is 2. The van der Waals surface area contributed by atoms with Crippen LogP contribution < -0.4 is 4.74 Å². The van der Waals surface area contributed by atoms with Crippen molar-refractivity contribution in [3.05, 3.63) is 60.0 Å². The summed E-state index contributed by atoms with van der Waals surface area (Å²) in [4.78, 5) is 4.19. The first-order valence-corrected chi connectivity index (χ1v) is 6.36. The Kier molecular flexibility index (Phi) is 3.21. The molecule has 0 amide bonds. The summed E-state index contributed by atoms with van der Waals surface area (Å²) in [6, 6.07) is 15.5. The molecule has 3 aromatic rings. The summed E-state index contributed by atoms with van der Waals surface area (Å²) in [5.41, 5.74) is 2.00. The topological polar surface area (TPSA) is 48.2 Å². The number of nitrogens with zero attached hydrogens (tertiary/aromatic N) is 2. The maximum Gasteiger partial charge on any atom is 0.223 e. The third-order valence-corrected chi connectivity index (χ3v) is 2.96. The molecule has 0 aliphatic carbocycles. The Labute approximate surface area is 117 Å². The maximum atomic E-state index is 5.84. The van der Waals surface area contributed by atoms with Gasteiger partial charge in [-0.25, -0.2) is 0 Å². The number of aromatic nitrogens is 2. The molecule has 100 valence electrons. The highest BCUT2D eigenvalue weighted by Crippen LogP contribution is 2.26. The van der Waals surface area contributed by atoms with Crippen molar-refractivity contribution in [2.45, 2.75) is 13.8 Å². The average Bonchev–Trinajstić information content (AvgIpc) is 2.89. The first-order chi connectivity index (χ1) is 9.72. The van der Waals surface area contributed by atoms with Crippen molar-refractivity contribution >= 4 is 0 Å². The quantitative estimate of drug-likeness (QED) is 0.714. The molecule has 0 spiro atoms. The lowest BCUT2D eigenvalue weighted by atomic mass is 10.2. The third kappa shape index (κ3) is 2.54. The van der Waals surface area contributed by atoms with Crippen molar-refractivity contribution in [1.82, 2.24) is 10.1 Å². The van der Waals surface area contributed by atoms with Crippen LogP contribution in [0, 0.1) is 13.8 Å². The fourth-order valence-electron chi connectivity index (χ4n) is 1.89. The molecule has 0 saturated heterocycles. The second kappa shape index (κ2) is 5.17. The molecular weight excluding hydrogens is 252 g/mol. The smallest absolute Gasteiger partial charge is 0.223 e. The van der Waals surface area contributed by atoms with E-state index in [1.54, 1.807) is 6.92 Å². The largest absolute Gasteiger partial charge is 0.457 e. The molecule has 0 atom stereocenters. The number of para-hydroxylation sites is 1. The summed E-state index contributed by atoms with van der Waals surface area (Å²) in [6.07, 6.45) is 0. The second-order valence-electron chi connectivity index (χ2n) is 4.53. The summed E-state index contributed by atoms with van der Waals surface area (Å²) in [7, 11) is 0. The van der Waals surface area contributed by atoms with E-state index in [0.29, 0.717) is 11.7 Å². The zero-order valence-corrected chi connectivity index (χ0v) is 11.3. The summed E-state index contributed by atoms with van der Waals surface area (Å²) >= 11 is 0. The van der Waals surface area contributed by atoms with E-state index in [-0.39, 0.29) is 0 Å². The minimum Gasteiger partial charge on any atom is -0.457 e. The minimum atomic E-state index is 0.556. The van der Waals surface area contributed by atoms with Gasteiger partial charge in [-0.15, -0.1) is 0 Å². The van der Waals surface area contributed by atoms with Gasteiger partial charge in [-0.05, 0) is 42.8 Å². The molecule has 1 aromatic heterocycles. The van der Waals surface area contributed by atoms with Crippen LogP contribution in [0.3, 0.4) is 0 Å². The summed E-state index contributed by atoms with van der Waals surface area (Å²) in [5.74, 6) is 2.78. The number of rotatable bonds is 3. The van der Waals surface area contributed by atoms with Gasteiger partial charge in [0.15, 0.2) is 0 Å². The van der Waals surface area contributed by atoms with Gasteiger partial charge in [-0.3, -0.25) is 0 Å². The van der Waals surface area contributed by atoms with Gasteiger partial charge in [0, 0.05) is 12.5 Å². The molecule has 2 aromatic carbocycles. The van der Waals surface area contributed by atoms with Crippen molar-refractivity contribution in [1.29, 1.82) is 0 Å². The van der Waals surface area contributed by atoms with Gasteiger partial charge in [0.2, 0.25) is 11.7 Å². The van der Waals surface area contributed by atoms with Gasteiger partial charge in [0.25, 0.3) is 0 Å². The van der Waals surface area contributed by atoms with Gasteiger partial charge in [0.05, 0.1) is 0 Å². The Morgan fingerprint density at radius 1 is 0.950 bits per heavy atom. The van der Waals surface area contributed by atoms with E-state index in [1.165, 1.54) is 0 Å². The van der Waals surface area contributed by atoms with Gasteiger partial charge >= 0.3 is 0 Å². The highest BCUT2D eigenvalue weighted by Gasteiger charge is 2.06. The molecule has 0 aliphatic heterocycles. The number of hydrogen-bond acceptors (Lipinski definition) is 4. The summed E-state index contributed by atoms with van der Waals surface area (Å²) in [6.45, 7) is 3.79. The molecule has 0 fully saturated rings. The lowest BCUT2D eigenvalue weighted by molar-refractivity contribution is 0.394. The maximum absolute atomic E-state index is 5.84. The van der Waals surface area contributed by atoms with Gasteiger partial charge in [-0.2, -0.15) is 4.98 Å². The van der Waals surface area contributed by atoms with Crippen LogP contribution in [0.4, 0.5) is 0 Å². The summed E-state index contributed by atoms with van der Waals surface area (Å²) in [5, 5.41) is 3.89. The molecule has 4 heteroatoms. The van der Waals surface area contributed by atoms with E-state index in [9.17, 15) is 0 Å². The Bertz CT molecular complexity index is 717. The van der Waals surface area contributed by atoms with Crippen LogP contribution in [0.5, 0.6) is 11.5 Å². The van der Waals surface area contributed by atoms with Crippen molar-refractivity contribution in [2.75, 3.05) is 0 Å². The predicted octanol–water partition coefficient (Wildman–Crippen LogP) is 4.15. The Balaban J connectivity index is 1.82. The summed E-state index contributed by atoms with van der Waals surface area (Å²) < 4.78 is 10.8. The standard InChI is InChI=1S/C16H14N2O2/c1-11-5-3-4-6-15(11)19-14-9-7-13(8-10-14)16-17-12(2)20-18-16/h3-10H,1-2H3. The SMILES string of the molecule is Cc1nc(-c2ccc(Oc3ccccc3C)cc2)no1. The zero-order chi connectivity index (χ0) is 13.9. The first kappa shape index (κ1) is 12.4. The van der Waals surface area contributed by atoms with Gasteiger partial charge in [-0.1, -0.05) is 23.4 Å². The second-order valence-corrected chi connectivity index (χ2v) is 4.53. The molecule has 1 heterocycles. The van der Waals surface area contributed by atoms with Crippen LogP contribution in [0.2, 0.25) is 0 Å². The Morgan fingerprint density at radius 3 is 2.35 bits per heavy atom. The van der Waals surface area contributed by atoms with E-state index < -0.39 is 0 Å². The van der Waals surface area contributed by atoms with E-state index in [2.05, 4.69) is 10.1 Å². The first-order valence-electron chi connectivity index (χ1n) is 6.36. The molecule has 3 rings (SSSR count). The molecular formula is C16H14N2O2. The highest BCUT2D eigenvalue weighted by atomic mass is 16.5. The monoisotopic (exact) mass is 266 g/mol. The van der Waals surface area contributed by atoms with Crippen LogP contribution in [-0.2, 0) is 0 Å². The van der Waals surface area contributed by atoms with Crippen LogP contribution in [-0.4, -0.2) is 10.1 Å². The van der Waals surface area contributed by atoms with Crippen molar-refractivity contribution in [3.63, 3.8) is 0 Å². The molecule has 4 nitrogen and oxygen atoms in total. The fraction of sp³-hybridized carbons (Fsp3) is 0.125. The van der Waals surface area contributed by atoms with Crippen LogP contribution in [0.25, 0.3) is 11.4 Å². The molecule has 0 unspecified atom stereocenters. The van der Waals surface area contributed by atoms with E-state index >= 15 is 0 Å². The van der Waals surface area contributed by atoms with Gasteiger partial charge in [0.1, 0.15) is 11.5 Å². The molecule has 0 bridgehead atoms. The minimum absolute atomic E-state index is 0.556. The Morgan fingerprint density at radius 2 is 1.70 bits per heavy atom. The third-order valence-electron chi connectivity index (χ3n) is 2.96. The van der Waals surface area contributed by atoms with Crippen molar-refractivity contribution in [3.8, 4) is 22.9 Å². The highest BCUT2D eigenvalue weighted by molar-refractivity contribution is 5.55. The molecule has 0 N–H and O–H groups in total.